The molecule has 8 heteroatoms. The first kappa shape index (κ1) is 20.5. The SMILES string of the molecule is COc1ccc(C2=NN3C(C2)c2cc(Br)ccc2OC3(C)c2ccc([N+](=O)[O-])cc2)cc1. The molecule has 2 unspecified atom stereocenters. The second-order valence-corrected chi connectivity index (χ2v) is 8.83. The highest BCUT2D eigenvalue weighted by atomic mass is 79.9. The van der Waals surface area contributed by atoms with Crippen LogP contribution in [0.5, 0.6) is 11.5 Å². The fourth-order valence-electron chi connectivity index (χ4n) is 4.32. The summed E-state index contributed by atoms with van der Waals surface area (Å²) in [4.78, 5) is 10.7. The van der Waals surface area contributed by atoms with Crippen molar-refractivity contribution in [2.45, 2.75) is 25.1 Å². The monoisotopic (exact) mass is 493 g/mol. The number of hydrogen-bond acceptors (Lipinski definition) is 6. The van der Waals surface area contributed by atoms with Crippen LogP contribution < -0.4 is 9.47 Å². The van der Waals surface area contributed by atoms with Gasteiger partial charge in [0.2, 0.25) is 5.72 Å². The fraction of sp³-hybridized carbons (Fsp3) is 0.208. The molecule has 2 atom stereocenters. The highest BCUT2D eigenvalue weighted by molar-refractivity contribution is 9.10. The van der Waals surface area contributed by atoms with E-state index < -0.39 is 10.6 Å². The molecule has 0 radical (unpaired) electrons. The van der Waals surface area contributed by atoms with Crippen LogP contribution in [-0.2, 0) is 5.72 Å². The Morgan fingerprint density at radius 1 is 1.16 bits per heavy atom. The number of fused-ring (bicyclic) bond motifs is 3. The Hall–Kier alpha value is -3.39. The van der Waals surface area contributed by atoms with Crippen molar-refractivity contribution in [2.24, 2.45) is 5.10 Å². The standard InChI is InChI=1S/C24H20BrN3O4/c1-24(16-5-8-18(9-6-16)28(29)30)27-22(20-13-17(25)7-12-23(20)32-24)14-21(26-27)15-3-10-19(31-2)11-4-15/h3-13,22H,14H2,1-2H3. The van der Waals surface area contributed by atoms with Gasteiger partial charge in [-0.25, -0.2) is 5.01 Å². The third-order valence-electron chi connectivity index (χ3n) is 6.02. The van der Waals surface area contributed by atoms with E-state index in [9.17, 15) is 10.1 Å². The lowest BCUT2D eigenvalue weighted by Gasteiger charge is -2.46. The Kier molecular flexibility index (Phi) is 4.89. The number of hydrazone groups is 1. The zero-order valence-electron chi connectivity index (χ0n) is 17.5. The topological polar surface area (TPSA) is 77.2 Å². The molecule has 0 bridgehead atoms. The van der Waals surface area contributed by atoms with Crippen molar-refractivity contribution in [3.63, 3.8) is 0 Å². The summed E-state index contributed by atoms with van der Waals surface area (Å²) in [5.41, 5.74) is 2.92. The van der Waals surface area contributed by atoms with Gasteiger partial charge in [0.25, 0.3) is 5.69 Å². The molecule has 162 valence electrons. The van der Waals surface area contributed by atoms with Gasteiger partial charge in [-0.2, -0.15) is 5.10 Å². The zero-order valence-corrected chi connectivity index (χ0v) is 19.1. The third-order valence-corrected chi connectivity index (χ3v) is 6.52. The van der Waals surface area contributed by atoms with Crippen molar-refractivity contribution in [3.05, 3.63) is 98.0 Å². The molecule has 0 aromatic heterocycles. The first-order valence-corrected chi connectivity index (χ1v) is 10.9. The molecule has 0 amide bonds. The molecule has 0 saturated heterocycles. The highest BCUT2D eigenvalue weighted by Crippen LogP contribution is 2.51. The minimum Gasteiger partial charge on any atom is -0.497 e. The molecule has 32 heavy (non-hydrogen) atoms. The Labute approximate surface area is 193 Å². The average Bonchev–Trinajstić information content (AvgIpc) is 3.27. The van der Waals surface area contributed by atoms with E-state index in [4.69, 9.17) is 14.6 Å². The van der Waals surface area contributed by atoms with Crippen LogP contribution in [0.15, 0.2) is 76.3 Å². The molecular weight excluding hydrogens is 474 g/mol. The summed E-state index contributed by atoms with van der Waals surface area (Å²) in [5, 5.41) is 18.1. The van der Waals surface area contributed by atoms with Gasteiger partial charge in [-0.15, -0.1) is 0 Å². The number of methoxy groups -OCH3 is 1. The Bertz CT molecular complexity index is 1230. The Morgan fingerprint density at radius 3 is 2.53 bits per heavy atom. The molecular formula is C24H20BrN3O4. The number of halogens is 1. The summed E-state index contributed by atoms with van der Waals surface area (Å²) in [6, 6.07) is 20.3. The number of non-ortho nitro benzene ring substituents is 1. The number of benzene rings is 3. The molecule has 5 rings (SSSR count). The van der Waals surface area contributed by atoms with E-state index in [0.29, 0.717) is 6.42 Å². The summed E-state index contributed by atoms with van der Waals surface area (Å²) in [6.07, 6.45) is 0.710. The molecule has 0 fully saturated rings. The van der Waals surface area contributed by atoms with Crippen LogP contribution in [0.1, 0.15) is 36.1 Å². The molecule has 2 heterocycles. The average molecular weight is 494 g/mol. The lowest BCUT2D eigenvalue weighted by Crippen LogP contribution is -2.48. The first-order chi connectivity index (χ1) is 15.4. The van der Waals surface area contributed by atoms with Gasteiger partial charge in [-0.1, -0.05) is 15.9 Å². The largest absolute Gasteiger partial charge is 0.497 e. The molecule has 3 aromatic rings. The molecule has 3 aromatic carbocycles. The van der Waals surface area contributed by atoms with E-state index in [1.165, 1.54) is 12.1 Å². The first-order valence-electron chi connectivity index (χ1n) is 10.1. The van der Waals surface area contributed by atoms with E-state index in [-0.39, 0.29) is 11.7 Å². The lowest BCUT2D eigenvalue weighted by molar-refractivity contribution is -0.384. The van der Waals surface area contributed by atoms with Gasteiger partial charge in [0.05, 0.1) is 23.8 Å². The summed E-state index contributed by atoms with van der Waals surface area (Å²) in [5.74, 6) is 1.57. The van der Waals surface area contributed by atoms with Gasteiger partial charge < -0.3 is 9.47 Å². The smallest absolute Gasteiger partial charge is 0.269 e. The predicted molar refractivity (Wildman–Crippen MR) is 124 cm³/mol. The van der Waals surface area contributed by atoms with Gasteiger partial charge in [-0.05, 0) is 60.2 Å². The van der Waals surface area contributed by atoms with Gasteiger partial charge in [0, 0.05) is 41.1 Å². The molecule has 2 aliphatic rings. The van der Waals surface area contributed by atoms with Crippen LogP contribution in [0, 0.1) is 10.1 Å². The Balaban J connectivity index is 1.61. The number of ether oxygens (including phenoxy) is 2. The molecule has 0 N–H and O–H groups in total. The molecule has 0 aliphatic carbocycles. The molecule has 0 spiro atoms. The minimum atomic E-state index is -0.922. The van der Waals surface area contributed by atoms with E-state index >= 15 is 0 Å². The van der Waals surface area contributed by atoms with E-state index in [2.05, 4.69) is 22.0 Å². The number of rotatable bonds is 4. The summed E-state index contributed by atoms with van der Waals surface area (Å²) in [6.45, 7) is 1.95. The number of nitro benzene ring substituents is 1. The maximum Gasteiger partial charge on any atom is 0.269 e. The fourth-order valence-corrected chi connectivity index (χ4v) is 4.70. The second kappa shape index (κ2) is 7.63. The van der Waals surface area contributed by atoms with Crippen LogP contribution in [0.4, 0.5) is 5.69 Å². The van der Waals surface area contributed by atoms with Crippen molar-refractivity contribution in [3.8, 4) is 11.5 Å². The Morgan fingerprint density at radius 2 is 1.88 bits per heavy atom. The van der Waals surface area contributed by atoms with E-state index in [0.717, 1.165) is 38.4 Å². The summed E-state index contributed by atoms with van der Waals surface area (Å²) in [7, 11) is 1.64. The normalized spacial score (nSPS) is 21.3. The minimum absolute atomic E-state index is 0.0338. The van der Waals surface area contributed by atoms with E-state index in [1.54, 1.807) is 19.2 Å². The van der Waals surface area contributed by atoms with Crippen molar-refractivity contribution < 1.29 is 14.4 Å². The van der Waals surface area contributed by atoms with Crippen molar-refractivity contribution >= 4 is 27.3 Å². The van der Waals surface area contributed by atoms with Gasteiger partial charge >= 0.3 is 0 Å². The summed E-state index contributed by atoms with van der Waals surface area (Å²) >= 11 is 3.57. The van der Waals surface area contributed by atoms with Crippen molar-refractivity contribution in [1.29, 1.82) is 0 Å². The highest BCUT2D eigenvalue weighted by Gasteiger charge is 2.49. The van der Waals surface area contributed by atoms with E-state index in [1.807, 2.05) is 48.3 Å². The maximum atomic E-state index is 11.1. The van der Waals surface area contributed by atoms with Gasteiger partial charge in [0.15, 0.2) is 0 Å². The number of nitrogens with zero attached hydrogens (tertiary/aromatic N) is 3. The number of hydrogen-bond donors (Lipinski definition) is 0. The molecule has 7 nitrogen and oxygen atoms in total. The second-order valence-electron chi connectivity index (χ2n) is 7.91. The number of nitro groups is 1. The summed E-state index contributed by atoms with van der Waals surface area (Å²) < 4.78 is 12.8. The maximum absolute atomic E-state index is 11.1. The molecule has 2 aliphatic heterocycles. The van der Waals surface area contributed by atoms with Crippen LogP contribution in [-0.4, -0.2) is 22.8 Å². The molecule has 0 saturated carbocycles. The van der Waals surface area contributed by atoms with Crippen molar-refractivity contribution in [2.75, 3.05) is 7.11 Å². The predicted octanol–water partition coefficient (Wildman–Crippen LogP) is 5.78. The van der Waals surface area contributed by atoms with Crippen LogP contribution in [0.2, 0.25) is 0 Å². The zero-order chi connectivity index (χ0) is 22.5. The van der Waals surface area contributed by atoms with Gasteiger partial charge in [0.1, 0.15) is 11.5 Å². The quantitative estimate of drug-likeness (QED) is 0.339. The van der Waals surface area contributed by atoms with Crippen molar-refractivity contribution in [1.82, 2.24) is 5.01 Å². The van der Waals surface area contributed by atoms with Crippen LogP contribution >= 0.6 is 15.9 Å². The van der Waals surface area contributed by atoms with Crippen LogP contribution in [0.3, 0.4) is 0 Å². The van der Waals surface area contributed by atoms with Gasteiger partial charge in [-0.3, -0.25) is 10.1 Å². The van der Waals surface area contributed by atoms with Crippen LogP contribution in [0.25, 0.3) is 0 Å². The lowest BCUT2D eigenvalue weighted by atomic mass is 9.92. The third kappa shape index (κ3) is 3.31.